The lowest BCUT2D eigenvalue weighted by molar-refractivity contribution is -0.121. The first-order chi connectivity index (χ1) is 9.09. The number of benzene rings is 1. The average Bonchev–Trinajstić information content (AvgIpc) is 2.72. The van der Waals surface area contributed by atoms with Crippen LogP contribution in [0.2, 0.25) is 0 Å². The van der Waals surface area contributed by atoms with Gasteiger partial charge in [-0.15, -0.1) is 24.8 Å². The van der Waals surface area contributed by atoms with E-state index in [1.807, 2.05) is 25.2 Å². The second kappa shape index (κ2) is 8.87. The van der Waals surface area contributed by atoms with Gasteiger partial charge in [-0.25, -0.2) is 4.98 Å². The van der Waals surface area contributed by atoms with Gasteiger partial charge < -0.3 is 15.6 Å². The Morgan fingerprint density at radius 1 is 1.38 bits per heavy atom. The first-order valence-electron chi connectivity index (χ1n) is 6.53. The molecule has 1 aromatic heterocycles. The number of halogens is 2. The number of carbonyl (C=O) groups excluding carboxylic acids is 1. The molecule has 1 unspecified atom stereocenters. The van der Waals surface area contributed by atoms with Crippen molar-refractivity contribution < 1.29 is 4.79 Å². The first kappa shape index (κ1) is 19.7. The van der Waals surface area contributed by atoms with Crippen molar-refractivity contribution >= 4 is 41.8 Å². The zero-order valence-electron chi connectivity index (χ0n) is 12.2. The molecule has 5 nitrogen and oxygen atoms in total. The van der Waals surface area contributed by atoms with E-state index in [0.717, 1.165) is 29.7 Å². The van der Waals surface area contributed by atoms with E-state index in [-0.39, 0.29) is 30.7 Å². The molecule has 0 aliphatic heterocycles. The van der Waals surface area contributed by atoms with Crippen LogP contribution in [0.4, 0.5) is 0 Å². The molecule has 0 bridgehead atoms. The van der Waals surface area contributed by atoms with Gasteiger partial charge in [-0.3, -0.25) is 4.79 Å². The van der Waals surface area contributed by atoms with Gasteiger partial charge in [-0.2, -0.15) is 0 Å². The van der Waals surface area contributed by atoms with E-state index in [2.05, 4.69) is 20.9 Å². The minimum absolute atomic E-state index is 0. The highest BCUT2D eigenvalue weighted by Crippen LogP contribution is 2.14. The molecule has 1 atom stereocenters. The van der Waals surface area contributed by atoms with Crippen molar-refractivity contribution in [3.8, 4) is 0 Å². The highest BCUT2D eigenvalue weighted by molar-refractivity contribution is 5.85. The third kappa shape index (κ3) is 4.88. The van der Waals surface area contributed by atoms with Crippen LogP contribution >= 0.6 is 24.8 Å². The number of para-hydroxylation sites is 2. The number of fused-ring (bicyclic) bond motifs is 1. The second-order valence-corrected chi connectivity index (χ2v) is 4.76. The van der Waals surface area contributed by atoms with Crippen molar-refractivity contribution in [2.24, 2.45) is 12.8 Å². The fourth-order valence-electron chi connectivity index (χ4n) is 2.04. The fraction of sp³-hybridized carbons (Fsp3) is 0.429. The number of carbonyl (C=O) groups is 1. The summed E-state index contributed by atoms with van der Waals surface area (Å²) in [5, 5.41) is 2.80. The predicted octanol–water partition coefficient (Wildman–Crippen LogP) is 1.81. The number of nitrogens with two attached hydrogens (primary N) is 1. The molecule has 1 heterocycles. The molecule has 0 saturated heterocycles. The Balaban J connectivity index is 0.00000200. The summed E-state index contributed by atoms with van der Waals surface area (Å²) in [5.74, 6) is 0.932. The summed E-state index contributed by atoms with van der Waals surface area (Å²) in [6.45, 7) is 2.31. The van der Waals surface area contributed by atoms with Crippen LogP contribution in [0.1, 0.15) is 19.2 Å². The van der Waals surface area contributed by atoms with E-state index in [0.29, 0.717) is 6.54 Å². The molecule has 0 spiro atoms. The Labute approximate surface area is 137 Å². The number of rotatable bonds is 5. The van der Waals surface area contributed by atoms with E-state index in [1.165, 1.54) is 0 Å². The smallest absolute Gasteiger partial charge is 0.236 e. The van der Waals surface area contributed by atoms with E-state index in [4.69, 9.17) is 5.73 Å². The summed E-state index contributed by atoms with van der Waals surface area (Å²) < 4.78 is 2.10. The molecule has 0 saturated carbocycles. The van der Waals surface area contributed by atoms with Crippen LogP contribution in [-0.4, -0.2) is 28.0 Å². The van der Waals surface area contributed by atoms with Gasteiger partial charge >= 0.3 is 0 Å². The zero-order valence-corrected chi connectivity index (χ0v) is 13.8. The third-order valence-electron chi connectivity index (χ3n) is 3.17. The van der Waals surface area contributed by atoms with Gasteiger partial charge in [0.15, 0.2) is 0 Å². The lowest BCUT2D eigenvalue weighted by Crippen LogP contribution is -2.38. The Kier molecular flexibility index (Phi) is 8.32. The molecule has 3 N–H and O–H groups in total. The molecule has 2 aromatic rings. The minimum Gasteiger partial charge on any atom is -0.355 e. The number of aromatic nitrogens is 2. The van der Waals surface area contributed by atoms with Gasteiger partial charge in [-0.1, -0.05) is 12.1 Å². The van der Waals surface area contributed by atoms with Crippen LogP contribution in [0.15, 0.2) is 24.3 Å². The van der Waals surface area contributed by atoms with Crippen LogP contribution in [0.5, 0.6) is 0 Å². The first-order valence-corrected chi connectivity index (χ1v) is 6.53. The molecule has 0 radical (unpaired) electrons. The number of aryl methyl sites for hydroxylation is 2. The maximum atomic E-state index is 11.3. The van der Waals surface area contributed by atoms with Crippen LogP contribution in [0.25, 0.3) is 11.0 Å². The summed E-state index contributed by atoms with van der Waals surface area (Å²) in [6, 6.07) is 7.62. The molecular formula is C14H22Cl2N4O. The van der Waals surface area contributed by atoms with E-state index >= 15 is 0 Å². The number of nitrogens with one attached hydrogen (secondary N) is 1. The minimum atomic E-state index is -0.448. The van der Waals surface area contributed by atoms with Crippen LogP contribution in [0, 0.1) is 0 Å². The largest absolute Gasteiger partial charge is 0.355 e. The normalized spacial score (nSPS) is 11.4. The molecule has 0 fully saturated rings. The summed E-state index contributed by atoms with van der Waals surface area (Å²) in [4.78, 5) is 15.9. The topological polar surface area (TPSA) is 72.9 Å². The summed E-state index contributed by atoms with van der Waals surface area (Å²) >= 11 is 0. The van der Waals surface area contributed by atoms with Crippen LogP contribution < -0.4 is 11.1 Å². The third-order valence-corrected chi connectivity index (χ3v) is 3.17. The molecule has 7 heteroatoms. The molecule has 0 aliphatic rings. The van der Waals surface area contributed by atoms with Crippen LogP contribution in [0.3, 0.4) is 0 Å². The number of hydrogen-bond donors (Lipinski definition) is 2. The predicted molar refractivity (Wildman–Crippen MR) is 90.2 cm³/mol. The van der Waals surface area contributed by atoms with Crippen molar-refractivity contribution in [1.29, 1.82) is 0 Å². The average molecular weight is 333 g/mol. The number of amides is 1. The fourth-order valence-corrected chi connectivity index (χ4v) is 2.04. The molecule has 21 heavy (non-hydrogen) atoms. The Morgan fingerprint density at radius 3 is 2.67 bits per heavy atom. The molecule has 118 valence electrons. The van der Waals surface area contributed by atoms with Crippen molar-refractivity contribution in [1.82, 2.24) is 14.9 Å². The second-order valence-electron chi connectivity index (χ2n) is 4.76. The standard InChI is InChI=1S/C14H20N4O.2ClH/c1-10(15)14(19)16-9-5-8-13-17-11-6-3-4-7-12(11)18(13)2;;/h3-4,6-7,10H,5,8-9,15H2,1-2H3,(H,16,19);2*1H. The van der Waals surface area contributed by atoms with Gasteiger partial charge in [0, 0.05) is 20.0 Å². The van der Waals surface area contributed by atoms with Crippen molar-refractivity contribution in [2.45, 2.75) is 25.8 Å². The monoisotopic (exact) mass is 332 g/mol. The Morgan fingerprint density at radius 2 is 2.05 bits per heavy atom. The van der Waals surface area contributed by atoms with Gasteiger partial charge in [0.25, 0.3) is 0 Å². The van der Waals surface area contributed by atoms with Gasteiger partial charge in [0.1, 0.15) is 5.82 Å². The van der Waals surface area contributed by atoms with E-state index in [9.17, 15) is 4.79 Å². The van der Waals surface area contributed by atoms with Gasteiger partial charge in [0.05, 0.1) is 17.1 Å². The van der Waals surface area contributed by atoms with Crippen molar-refractivity contribution in [3.63, 3.8) is 0 Å². The number of nitrogens with zero attached hydrogens (tertiary/aromatic N) is 2. The molecular weight excluding hydrogens is 311 g/mol. The number of hydrogen-bond acceptors (Lipinski definition) is 3. The Bertz CT molecular complexity index is 583. The van der Waals surface area contributed by atoms with Gasteiger partial charge in [0.2, 0.25) is 5.91 Å². The maximum Gasteiger partial charge on any atom is 0.236 e. The molecule has 1 aromatic carbocycles. The molecule has 2 rings (SSSR count). The van der Waals surface area contributed by atoms with Crippen molar-refractivity contribution in [2.75, 3.05) is 6.54 Å². The zero-order chi connectivity index (χ0) is 13.8. The summed E-state index contributed by atoms with van der Waals surface area (Å²) in [5.41, 5.74) is 7.63. The maximum absolute atomic E-state index is 11.3. The lowest BCUT2D eigenvalue weighted by Gasteiger charge is -2.07. The number of imidazole rings is 1. The highest BCUT2D eigenvalue weighted by atomic mass is 35.5. The van der Waals surface area contributed by atoms with Crippen LogP contribution in [-0.2, 0) is 18.3 Å². The molecule has 0 aliphatic carbocycles. The summed E-state index contributed by atoms with van der Waals surface area (Å²) in [6.07, 6.45) is 1.69. The molecule has 1 amide bonds. The quantitative estimate of drug-likeness (QED) is 0.820. The van der Waals surface area contributed by atoms with Gasteiger partial charge in [-0.05, 0) is 25.5 Å². The van der Waals surface area contributed by atoms with Crippen molar-refractivity contribution in [3.05, 3.63) is 30.1 Å². The SMILES string of the molecule is CC(N)C(=O)NCCCc1nc2ccccc2n1C.Cl.Cl. The highest BCUT2D eigenvalue weighted by Gasteiger charge is 2.08. The Hall–Kier alpha value is -1.30. The van der Waals surface area contributed by atoms with E-state index < -0.39 is 6.04 Å². The van der Waals surface area contributed by atoms with E-state index in [1.54, 1.807) is 6.92 Å². The summed E-state index contributed by atoms with van der Waals surface area (Å²) in [7, 11) is 2.02. The lowest BCUT2D eigenvalue weighted by atomic mass is 10.2.